The molecular weight excluding hydrogens is 374 g/mol. The number of carboxylic acid groups (broad SMARTS) is 1. The number of aromatic carboxylic acids is 1. The first-order chi connectivity index (χ1) is 10.8. The average molecular weight is 382 g/mol. The molecule has 0 aromatic heterocycles. The zero-order valence-electron chi connectivity index (χ0n) is 11.2. The lowest BCUT2D eigenvalue weighted by Gasteiger charge is -2.09. The Morgan fingerprint density at radius 1 is 1.09 bits per heavy atom. The van der Waals surface area contributed by atoms with Crippen molar-refractivity contribution in [3.05, 3.63) is 66.7 Å². The van der Waals surface area contributed by atoms with Crippen LogP contribution in [-0.2, 0) is 0 Å². The SMILES string of the molecule is O=C(O)c1cc([N+](=O)[O-])c(Nc2cccc(Br)c2)c([N+](=O)[O-])c1. The molecule has 0 radical (unpaired) electrons. The summed E-state index contributed by atoms with van der Waals surface area (Å²) in [5.74, 6) is -1.50. The normalized spacial score (nSPS) is 10.1. The molecule has 0 unspecified atom stereocenters. The third kappa shape index (κ3) is 3.61. The van der Waals surface area contributed by atoms with E-state index in [1.165, 1.54) is 0 Å². The van der Waals surface area contributed by atoms with Gasteiger partial charge in [0.15, 0.2) is 5.69 Å². The van der Waals surface area contributed by atoms with Gasteiger partial charge in [-0.05, 0) is 18.2 Å². The van der Waals surface area contributed by atoms with Crippen LogP contribution in [0.4, 0.5) is 22.7 Å². The van der Waals surface area contributed by atoms with Crippen molar-refractivity contribution < 1.29 is 19.7 Å². The summed E-state index contributed by atoms with van der Waals surface area (Å²) in [4.78, 5) is 31.6. The summed E-state index contributed by atoms with van der Waals surface area (Å²) in [6, 6.07) is 8.02. The lowest BCUT2D eigenvalue weighted by molar-refractivity contribution is -0.392. The maximum Gasteiger partial charge on any atom is 0.336 e. The Hall–Kier alpha value is -3.01. The largest absolute Gasteiger partial charge is 0.478 e. The minimum atomic E-state index is -1.50. The number of halogens is 1. The number of carbonyl (C=O) groups is 1. The number of nitrogens with zero attached hydrogens (tertiary/aromatic N) is 2. The molecule has 0 spiro atoms. The van der Waals surface area contributed by atoms with Crippen LogP contribution in [0, 0.1) is 20.2 Å². The first-order valence-corrected chi connectivity index (χ1v) is 6.81. The summed E-state index contributed by atoms with van der Waals surface area (Å²) in [7, 11) is 0. The quantitative estimate of drug-likeness (QED) is 0.594. The van der Waals surface area contributed by atoms with Crippen molar-refractivity contribution in [1.82, 2.24) is 0 Å². The van der Waals surface area contributed by atoms with Gasteiger partial charge in [-0.3, -0.25) is 20.2 Å². The maximum atomic E-state index is 11.2. The molecule has 2 N–H and O–H groups in total. The van der Waals surface area contributed by atoms with Gasteiger partial charge < -0.3 is 10.4 Å². The average Bonchev–Trinajstić information content (AvgIpc) is 2.46. The van der Waals surface area contributed by atoms with E-state index in [0.29, 0.717) is 10.2 Å². The third-order valence-corrected chi connectivity index (χ3v) is 3.32. The van der Waals surface area contributed by atoms with Gasteiger partial charge >= 0.3 is 17.3 Å². The number of nitro benzene ring substituents is 2. The highest BCUT2D eigenvalue weighted by Gasteiger charge is 2.28. The van der Waals surface area contributed by atoms with Crippen LogP contribution >= 0.6 is 15.9 Å². The monoisotopic (exact) mass is 381 g/mol. The minimum absolute atomic E-state index is 0.369. The molecule has 0 aliphatic carbocycles. The van der Waals surface area contributed by atoms with E-state index in [-0.39, 0.29) is 5.69 Å². The Kier molecular flexibility index (Phi) is 4.55. The second-order valence-electron chi connectivity index (χ2n) is 4.34. The molecule has 23 heavy (non-hydrogen) atoms. The van der Waals surface area contributed by atoms with Crippen molar-refractivity contribution in [2.45, 2.75) is 0 Å². The topological polar surface area (TPSA) is 136 Å². The van der Waals surface area contributed by atoms with Gasteiger partial charge in [-0.25, -0.2) is 4.79 Å². The Labute approximate surface area is 137 Å². The fourth-order valence-corrected chi connectivity index (χ4v) is 2.26. The van der Waals surface area contributed by atoms with Gasteiger partial charge in [0.25, 0.3) is 0 Å². The summed E-state index contributed by atoms with van der Waals surface area (Å²) in [5.41, 5.74) is -1.95. The Bertz CT molecular complexity index is 788. The van der Waals surface area contributed by atoms with Crippen LogP contribution in [0.2, 0.25) is 0 Å². The first kappa shape index (κ1) is 16.4. The molecule has 0 fully saturated rings. The summed E-state index contributed by atoms with van der Waals surface area (Å²) in [6.07, 6.45) is 0. The van der Waals surface area contributed by atoms with Crippen molar-refractivity contribution in [1.29, 1.82) is 0 Å². The fourth-order valence-electron chi connectivity index (χ4n) is 1.86. The fraction of sp³-hybridized carbons (Fsp3) is 0. The number of hydrogen-bond acceptors (Lipinski definition) is 6. The molecule has 0 amide bonds. The highest BCUT2D eigenvalue weighted by Crippen LogP contribution is 2.38. The van der Waals surface area contributed by atoms with E-state index >= 15 is 0 Å². The van der Waals surface area contributed by atoms with Gasteiger partial charge in [0, 0.05) is 22.3 Å². The number of anilines is 2. The van der Waals surface area contributed by atoms with E-state index in [9.17, 15) is 25.0 Å². The molecule has 0 aliphatic heterocycles. The smallest absolute Gasteiger partial charge is 0.336 e. The van der Waals surface area contributed by atoms with E-state index in [4.69, 9.17) is 5.11 Å². The van der Waals surface area contributed by atoms with Gasteiger partial charge in [0.1, 0.15) is 0 Å². The molecule has 2 rings (SSSR count). The van der Waals surface area contributed by atoms with E-state index in [1.54, 1.807) is 24.3 Å². The number of hydrogen-bond donors (Lipinski definition) is 2. The minimum Gasteiger partial charge on any atom is -0.478 e. The molecule has 2 aromatic rings. The number of benzene rings is 2. The maximum absolute atomic E-state index is 11.2. The van der Waals surface area contributed by atoms with Gasteiger partial charge in [0.05, 0.1) is 15.4 Å². The van der Waals surface area contributed by atoms with Crippen LogP contribution in [-0.4, -0.2) is 20.9 Å². The molecule has 118 valence electrons. The zero-order chi connectivity index (χ0) is 17.1. The van der Waals surface area contributed by atoms with Crippen molar-refractivity contribution >= 4 is 44.6 Å². The standard InChI is InChI=1S/C13H8BrN3O6/c14-8-2-1-3-9(6-8)15-12-10(16(20)21)4-7(13(18)19)5-11(12)17(22)23/h1-6,15H,(H,18,19). The van der Waals surface area contributed by atoms with E-state index in [2.05, 4.69) is 21.2 Å². The zero-order valence-corrected chi connectivity index (χ0v) is 12.8. The predicted octanol–water partition coefficient (Wildman–Crippen LogP) is 3.71. The predicted molar refractivity (Wildman–Crippen MR) is 84.1 cm³/mol. The highest BCUT2D eigenvalue weighted by atomic mass is 79.9. The lowest BCUT2D eigenvalue weighted by Crippen LogP contribution is -2.05. The Morgan fingerprint density at radius 3 is 2.09 bits per heavy atom. The summed E-state index contributed by atoms with van der Waals surface area (Å²) in [6.45, 7) is 0. The van der Waals surface area contributed by atoms with Crippen molar-refractivity contribution in [3.8, 4) is 0 Å². The molecule has 9 nitrogen and oxygen atoms in total. The van der Waals surface area contributed by atoms with E-state index < -0.39 is 32.8 Å². The molecule has 0 heterocycles. The van der Waals surface area contributed by atoms with Crippen LogP contribution < -0.4 is 5.32 Å². The molecule has 2 aromatic carbocycles. The van der Waals surface area contributed by atoms with Gasteiger partial charge in [-0.1, -0.05) is 22.0 Å². The number of nitro groups is 2. The molecule has 10 heteroatoms. The summed E-state index contributed by atoms with van der Waals surface area (Å²) < 4.78 is 0.662. The molecule has 0 saturated heterocycles. The third-order valence-electron chi connectivity index (χ3n) is 2.83. The Morgan fingerprint density at radius 2 is 1.65 bits per heavy atom. The second-order valence-corrected chi connectivity index (χ2v) is 5.26. The molecule has 0 atom stereocenters. The van der Waals surface area contributed by atoms with Gasteiger partial charge in [-0.15, -0.1) is 0 Å². The number of nitrogens with one attached hydrogen (secondary N) is 1. The van der Waals surface area contributed by atoms with E-state index in [1.807, 2.05) is 0 Å². The second kappa shape index (κ2) is 6.40. The summed E-state index contributed by atoms with van der Waals surface area (Å²) in [5, 5.41) is 33.9. The van der Waals surface area contributed by atoms with Crippen LogP contribution in [0.1, 0.15) is 10.4 Å². The van der Waals surface area contributed by atoms with Gasteiger partial charge in [0.2, 0.25) is 0 Å². The number of rotatable bonds is 5. The molecule has 0 saturated carbocycles. The van der Waals surface area contributed by atoms with Gasteiger partial charge in [-0.2, -0.15) is 0 Å². The Balaban J connectivity index is 2.66. The number of carboxylic acids is 1. The van der Waals surface area contributed by atoms with Crippen molar-refractivity contribution in [3.63, 3.8) is 0 Å². The molecular formula is C13H8BrN3O6. The first-order valence-electron chi connectivity index (χ1n) is 6.02. The molecule has 0 aliphatic rings. The summed E-state index contributed by atoms with van der Waals surface area (Å²) >= 11 is 3.22. The van der Waals surface area contributed by atoms with Crippen molar-refractivity contribution in [2.75, 3.05) is 5.32 Å². The van der Waals surface area contributed by atoms with Crippen LogP contribution in [0.3, 0.4) is 0 Å². The van der Waals surface area contributed by atoms with E-state index in [0.717, 1.165) is 12.1 Å². The van der Waals surface area contributed by atoms with Crippen LogP contribution in [0.25, 0.3) is 0 Å². The van der Waals surface area contributed by atoms with Crippen LogP contribution in [0.15, 0.2) is 40.9 Å². The molecule has 0 bridgehead atoms. The highest BCUT2D eigenvalue weighted by molar-refractivity contribution is 9.10. The van der Waals surface area contributed by atoms with Crippen LogP contribution in [0.5, 0.6) is 0 Å². The van der Waals surface area contributed by atoms with Crippen molar-refractivity contribution in [2.24, 2.45) is 0 Å². The lowest BCUT2D eigenvalue weighted by atomic mass is 10.1.